The summed E-state index contributed by atoms with van der Waals surface area (Å²) in [6.45, 7) is 2.94. The number of rotatable bonds is 4. The van der Waals surface area contributed by atoms with E-state index in [0.29, 0.717) is 0 Å². The monoisotopic (exact) mass is 225 g/mol. The van der Waals surface area contributed by atoms with Gasteiger partial charge in [0.05, 0.1) is 4.92 Å². The second kappa shape index (κ2) is 4.13. The lowest BCUT2D eigenvalue weighted by atomic mass is 10.1. The van der Waals surface area contributed by atoms with Crippen LogP contribution in [0.3, 0.4) is 0 Å². The number of anilines is 1. The highest BCUT2D eigenvalue weighted by Gasteiger charge is 2.27. The van der Waals surface area contributed by atoms with E-state index in [1.165, 1.54) is 26.0 Å². The Labute approximate surface area is 91.3 Å². The van der Waals surface area contributed by atoms with Crippen LogP contribution in [0.1, 0.15) is 13.8 Å². The van der Waals surface area contributed by atoms with Gasteiger partial charge in [0, 0.05) is 6.07 Å². The number of nitro groups is 1. The summed E-state index contributed by atoms with van der Waals surface area (Å²) in [5.74, 6) is -0.759. The smallest absolute Gasteiger partial charge is 0.328 e. The van der Waals surface area contributed by atoms with Crippen LogP contribution >= 0.6 is 0 Å². The van der Waals surface area contributed by atoms with Gasteiger partial charge in [0.25, 0.3) is 5.69 Å². The Bertz CT molecular complexity index is 413. The van der Waals surface area contributed by atoms with Crippen molar-refractivity contribution in [2.24, 2.45) is 0 Å². The van der Waals surface area contributed by atoms with Crippen LogP contribution in [0.5, 0.6) is 0 Å². The molecule has 0 radical (unpaired) electrons. The first kappa shape index (κ1) is 11.9. The molecule has 0 spiro atoms. The molecule has 0 atom stereocenters. The van der Waals surface area contributed by atoms with Crippen molar-refractivity contribution in [1.82, 2.24) is 4.98 Å². The Morgan fingerprint density at radius 3 is 2.56 bits per heavy atom. The van der Waals surface area contributed by atoms with E-state index < -0.39 is 16.4 Å². The van der Waals surface area contributed by atoms with Gasteiger partial charge in [0.2, 0.25) is 0 Å². The van der Waals surface area contributed by atoms with Crippen LogP contribution in [0.25, 0.3) is 0 Å². The second-order valence-corrected chi connectivity index (χ2v) is 3.71. The summed E-state index contributed by atoms with van der Waals surface area (Å²) in [4.78, 5) is 24.3. The largest absolute Gasteiger partial charge is 0.480 e. The molecule has 7 heteroatoms. The first-order chi connectivity index (χ1) is 7.33. The minimum atomic E-state index is -1.18. The molecule has 1 heterocycles. The lowest BCUT2D eigenvalue weighted by Gasteiger charge is -2.21. The minimum Gasteiger partial charge on any atom is -0.480 e. The van der Waals surface area contributed by atoms with Gasteiger partial charge in [-0.2, -0.15) is 0 Å². The molecule has 1 aromatic heterocycles. The number of carboxylic acid groups (broad SMARTS) is 1. The number of hydrogen-bond donors (Lipinski definition) is 2. The van der Waals surface area contributed by atoms with Crippen molar-refractivity contribution in [3.05, 3.63) is 28.4 Å². The third-order valence-corrected chi connectivity index (χ3v) is 1.93. The van der Waals surface area contributed by atoms with E-state index in [-0.39, 0.29) is 11.5 Å². The number of aromatic nitrogens is 1. The second-order valence-electron chi connectivity index (χ2n) is 3.71. The average molecular weight is 225 g/mol. The third-order valence-electron chi connectivity index (χ3n) is 1.93. The predicted molar refractivity (Wildman–Crippen MR) is 56.2 cm³/mol. The van der Waals surface area contributed by atoms with Crippen molar-refractivity contribution in [1.29, 1.82) is 0 Å². The highest BCUT2D eigenvalue weighted by Crippen LogP contribution is 2.16. The molecule has 0 aliphatic carbocycles. The molecule has 0 unspecified atom stereocenters. The molecule has 0 aliphatic heterocycles. The third kappa shape index (κ3) is 2.66. The maximum absolute atomic E-state index is 10.8. The van der Waals surface area contributed by atoms with Crippen molar-refractivity contribution in [3.8, 4) is 0 Å². The molecule has 7 nitrogen and oxygen atoms in total. The first-order valence-corrected chi connectivity index (χ1v) is 4.45. The molecule has 0 aromatic carbocycles. The van der Waals surface area contributed by atoms with E-state index in [2.05, 4.69) is 10.3 Å². The molecule has 86 valence electrons. The fourth-order valence-electron chi connectivity index (χ4n) is 0.942. The SMILES string of the molecule is CC(C)(Nc1ccc([N+](=O)[O-])cn1)C(=O)O. The fourth-order valence-corrected chi connectivity index (χ4v) is 0.942. The molecular formula is C9H11N3O4. The zero-order valence-corrected chi connectivity index (χ0v) is 8.80. The van der Waals surface area contributed by atoms with Gasteiger partial charge in [0.15, 0.2) is 0 Å². The van der Waals surface area contributed by atoms with Crippen LogP contribution in [-0.4, -0.2) is 26.5 Å². The predicted octanol–water partition coefficient (Wildman–Crippen LogP) is 1.26. The molecule has 2 N–H and O–H groups in total. The van der Waals surface area contributed by atoms with Crippen molar-refractivity contribution in [3.63, 3.8) is 0 Å². The van der Waals surface area contributed by atoms with Crippen LogP contribution in [0.2, 0.25) is 0 Å². The van der Waals surface area contributed by atoms with E-state index in [1.807, 2.05) is 0 Å². The average Bonchev–Trinajstić information content (AvgIpc) is 2.17. The Morgan fingerprint density at radius 2 is 2.19 bits per heavy atom. The van der Waals surface area contributed by atoms with E-state index in [1.54, 1.807) is 0 Å². The van der Waals surface area contributed by atoms with E-state index >= 15 is 0 Å². The summed E-state index contributed by atoms with van der Waals surface area (Å²) in [5.41, 5.74) is -1.32. The van der Waals surface area contributed by atoms with E-state index in [4.69, 9.17) is 5.11 Å². The summed E-state index contributed by atoms with van der Waals surface area (Å²) in [7, 11) is 0. The number of nitrogens with zero attached hydrogens (tertiary/aromatic N) is 2. The van der Waals surface area contributed by atoms with Crippen molar-refractivity contribution >= 4 is 17.5 Å². The Balaban J connectivity index is 2.84. The van der Waals surface area contributed by atoms with Crippen LogP contribution in [0.4, 0.5) is 11.5 Å². The standard InChI is InChI=1S/C9H11N3O4/c1-9(2,8(13)14)11-7-4-3-6(5-10-7)12(15)16/h3-5H,1-2H3,(H,10,11)(H,13,14). The van der Waals surface area contributed by atoms with Gasteiger partial charge in [-0.1, -0.05) is 0 Å². The Morgan fingerprint density at radius 1 is 1.56 bits per heavy atom. The van der Waals surface area contributed by atoms with Gasteiger partial charge in [-0.05, 0) is 19.9 Å². The van der Waals surface area contributed by atoms with Gasteiger partial charge in [-0.3, -0.25) is 10.1 Å². The van der Waals surface area contributed by atoms with Gasteiger partial charge in [-0.25, -0.2) is 9.78 Å². The normalized spacial score (nSPS) is 10.9. The molecule has 0 saturated carbocycles. The highest BCUT2D eigenvalue weighted by atomic mass is 16.6. The molecule has 0 bridgehead atoms. The van der Waals surface area contributed by atoms with E-state index in [0.717, 1.165) is 6.20 Å². The van der Waals surface area contributed by atoms with Crippen LogP contribution in [0, 0.1) is 10.1 Å². The van der Waals surface area contributed by atoms with Crippen LogP contribution in [-0.2, 0) is 4.79 Å². The molecule has 0 fully saturated rings. The summed E-state index contributed by atoms with van der Waals surface area (Å²) in [6.07, 6.45) is 1.07. The summed E-state index contributed by atoms with van der Waals surface area (Å²) in [6, 6.07) is 2.62. The van der Waals surface area contributed by atoms with Crippen molar-refractivity contribution < 1.29 is 14.8 Å². The highest BCUT2D eigenvalue weighted by molar-refractivity contribution is 5.81. The molecule has 1 aromatic rings. The van der Waals surface area contributed by atoms with Crippen LogP contribution < -0.4 is 5.32 Å². The number of aliphatic carboxylic acids is 1. The Hall–Kier alpha value is -2.18. The van der Waals surface area contributed by atoms with Crippen molar-refractivity contribution in [2.45, 2.75) is 19.4 Å². The number of carbonyl (C=O) groups is 1. The summed E-state index contributed by atoms with van der Waals surface area (Å²) < 4.78 is 0. The first-order valence-electron chi connectivity index (χ1n) is 4.45. The zero-order chi connectivity index (χ0) is 12.3. The molecule has 0 saturated heterocycles. The molecule has 0 amide bonds. The van der Waals surface area contributed by atoms with E-state index in [9.17, 15) is 14.9 Å². The minimum absolute atomic E-state index is 0.140. The maximum atomic E-state index is 10.8. The number of nitrogens with one attached hydrogen (secondary N) is 1. The number of carboxylic acids is 1. The quantitative estimate of drug-likeness (QED) is 0.590. The van der Waals surface area contributed by atoms with Gasteiger partial charge >= 0.3 is 5.97 Å². The molecule has 0 aliphatic rings. The van der Waals surface area contributed by atoms with Crippen molar-refractivity contribution in [2.75, 3.05) is 5.32 Å². The topological polar surface area (TPSA) is 105 Å². The lowest BCUT2D eigenvalue weighted by molar-refractivity contribution is -0.385. The Kier molecular flexibility index (Phi) is 3.07. The van der Waals surface area contributed by atoms with Gasteiger partial charge < -0.3 is 10.4 Å². The molecule has 1 rings (SSSR count). The maximum Gasteiger partial charge on any atom is 0.328 e. The van der Waals surface area contributed by atoms with Gasteiger partial charge in [-0.15, -0.1) is 0 Å². The zero-order valence-electron chi connectivity index (χ0n) is 8.80. The lowest BCUT2D eigenvalue weighted by Crippen LogP contribution is -2.40. The van der Waals surface area contributed by atoms with Crippen LogP contribution in [0.15, 0.2) is 18.3 Å². The molecular weight excluding hydrogens is 214 g/mol. The summed E-state index contributed by atoms with van der Waals surface area (Å²) >= 11 is 0. The number of hydrogen-bond acceptors (Lipinski definition) is 5. The summed E-state index contributed by atoms with van der Waals surface area (Å²) in [5, 5.41) is 21.9. The fraction of sp³-hybridized carbons (Fsp3) is 0.333. The van der Waals surface area contributed by atoms with Gasteiger partial charge in [0.1, 0.15) is 17.6 Å². The number of pyridine rings is 1. The molecule has 16 heavy (non-hydrogen) atoms.